The summed E-state index contributed by atoms with van der Waals surface area (Å²) in [7, 11) is 2.30. The highest BCUT2D eigenvalue weighted by Crippen LogP contribution is 2.57. The van der Waals surface area contributed by atoms with Gasteiger partial charge in [-0.15, -0.1) is 0 Å². The van der Waals surface area contributed by atoms with Crippen molar-refractivity contribution in [2.24, 2.45) is 5.41 Å². The molecule has 1 N–H and O–H groups in total. The maximum absolute atomic E-state index is 14.3. The summed E-state index contributed by atoms with van der Waals surface area (Å²) < 4.78 is 10.2. The van der Waals surface area contributed by atoms with Crippen molar-refractivity contribution >= 4 is 58.2 Å². The van der Waals surface area contributed by atoms with Crippen LogP contribution in [0.15, 0.2) is 64.9 Å². The zero-order chi connectivity index (χ0) is 27.6. The lowest BCUT2D eigenvalue weighted by Crippen LogP contribution is -2.58. The van der Waals surface area contributed by atoms with Crippen molar-refractivity contribution < 1.29 is 28.7 Å². The molecule has 1 atom stereocenters. The molecule has 0 saturated carbocycles. The summed E-state index contributed by atoms with van der Waals surface area (Å²) in [5.74, 6) is -2.86. The lowest BCUT2D eigenvalue weighted by atomic mass is 9.66. The van der Waals surface area contributed by atoms with Gasteiger partial charge in [0.1, 0.15) is 0 Å². The topological polar surface area (TPSA) is 102 Å². The van der Waals surface area contributed by atoms with Crippen molar-refractivity contribution in [3.63, 3.8) is 0 Å². The molecule has 0 radical (unpaired) electrons. The molecular formula is C28H24Cl2N2O6. The number of esters is 2. The Balaban J connectivity index is 2.02. The number of carbonyl (C=O) groups is 4. The number of anilines is 2. The number of benzene rings is 2. The second-order valence-electron chi connectivity index (χ2n) is 10.2. The smallest absolute Gasteiger partial charge is 0.339 e. The Bertz CT molecular complexity index is 1490. The second-order valence-corrected chi connectivity index (χ2v) is 11.0. The van der Waals surface area contributed by atoms with Crippen LogP contribution in [-0.4, -0.2) is 37.8 Å². The number of rotatable bonds is 3. The number of methoxy groups -OCH3 is 2. The lowest BCUT2D eigenvalue weighted by Gasteiger charge is -2.50. The quantitative estimate of drug-likeness (QED) is 0.535. The van der Waals surface area contributed by atoms with Crippen LogP contribution < -0.4 is 10.2 Å². The van der Waals surface area contributed by atoms with Crippen LogP contribution in [-0.2, 0) is 34.2 Å². The van der Waals surface area contributed by atoms with Crippen LogP contribution in [0.4, 0.5) is 11.4 Å². The first-order valence-electron chi connectivity index (χ1n) is 11.8. The molecule has 2 heterocycles. The Morgan fingerprint density at radius 2 is 1.55 bits per heavy atom. The molecule has 3 aliphatic rings. The minimum absolute atomic E-state index is 0.0282. The number of hydrogen-bond acceptors (Lipinski definition) is 7. The molecule has 0 saturated heterocycles. The molecule has 2 aromatic rings. The SMILES string of the molecule is COC(=O)C1=C(C(=O)OC)C2(C(=O)Nc3ccc(Cl)cc32)N(c2ccc(Cl)cc2)C2=C1C(=O)CC(C)(C)C2. The normalized spacial score (nSPS) is 21.8. The first-order valence-corrected chi connectivity index (χ1v) is 12.6. The largest absolute Gasteiger partial charge is 0.466 e. The molecule has 10 heteroatoms. The van der Waals surface area contributed by atoms with Crippen molar-refractivity contribution in [3.8, 4) is 0 Å². The molecule has 0 bridgehead atoms. The van der Waals surface area contributed by atoms with Gasteiger partial charge in [-0.25, -0.2) is 9.59 Å². The van der Waals surface area contributed by atoms with E-state index in [1.807, 2.05) is 13.8 Å². The highest BCUT2D eigenvalue weighted by atomic mass is 35.5. The summed E-state index contributed by atoms with van der Waals surface area (Å²) in [5.41, 5.74) is -1.45. The standard InChI is InChI=1S/C28H24Cl2N2O6/c1-27(2)12-19-21(20(33)13-27)22(24(34)37-3)23(25(35)38-4)28(32(19)16-8-5-14(29)6-9-16)17-11-15(30)7-10-18(17)31-26(28)36/h5-11H,12-13H2,1-4H3,(H,31,36). The fraction of sp³-hybridized carbons (Fsp3) is 0.286. The van der Waals surface area contributed by atoms with E-state index in [2.05, 4.69) is 5.32 Å². The number of halogens is 2. The number of Topliss-reactive ketones (excluding diaryl/α,β-unsaturated/α-hetero) is 1. The molecule has 2 aromatic carbocycles. The Hall–Kier alpha value is -3.62. The van der Waals surface area contributed by atoms with Crippen LogP contribution in [0.1, 0.15) is 32.3 Å². The third-order valence-electron chi connectivity index (χ3n) is 7.13. The predicted molar refractivity (Wildman–Crippen MR) is 142 cm³/mol. The van der Waals surface area contributed by atoms with Gasteiger partial charge < -0.3 is 19.7 Å². The molecule has 38 heavy (non-hydrogen) atoms. The number of ketones is 1. The van der Waals surface area contributed by atoms with Crippen molar-refractivity contribution in [2.45, 2.75) is 32.2 Å². The number of nitrogens with one attached hydrogen (secondary N) is 1. The molecule has 2 aliphatic heterocycles. The summed E-state index contributed by atoms with van der Waals surface area (Å²) in [6.07, 6.45) is 0.438. The Labute approximate surface area is 229 Å². The minimum atomic E-state index is -1.95. The fourth-order valence-corrected chi connectivity index (χ4v) is 6.01. The van der Waals surface area contributed by atoms with Gasteiger partial charge >= 0.3 is 11.9 Å². The fourth-order valence-electron chi connectivity index (χ4n) is 5.71. The van der Waals surface area contributed by atoms with Crippen LogP contribution in [0.2, 0.25) is 10.0 Å². The number of amides is 1. The molecule has 5 rings (SSSR count). The van der Waals surface area contributed by atoms with Crippen molar-refractivity contribution in [1.82, 2.24) is 0 Å². The van der Waals surface area contributed by atoms with Crippen molar-refractivity contribution in [1.29, 1.82) is 0 Å². The van der Waals surface area contributed by atoms with Gasteiger partial charge in [0.2, 0.25) is 0 Å². The van der Waals surface area contributed by atoms with Gasteiger partial charge in [-0.2, -0.15) is 0 Å². The molecule has 196 valence electrons. The van der Waals surface area contributed by atoms with Crippen LogP contribution in [0.5, 0.6) is 0 Å². The Morgan fingerprint density at radius 1 is 0.921 bits per heavy atom. The summed E-state index contributed by atoms with van der Waals surface area (Å²) in [6, 6.07) is 11.5. The average Bonchev–Trinajstić information content (AvgIpc) is 3.13. The van der Waals surface area contributed by atoms with Gasteiger partial charge in [0.05, 0.1) is 30.9 Å². The Kier molecular flexibility index (Phi) is 6.16. The highest BCUT2D eigenvalue weighted by Gasteiger charge is 2.63. The van der Waals surface area contributed by atoms with Crippen LogP contribution in [0.25, 0.3) is 0 Å². The monoisotopic (exact) mass is 554 g/mol. The molecule has 0 fully saturated rings. The number of hydrogen-bond donors (Lipinski definition) is 1. The van der Waals surface area contributed by atoms with Gasteiger partial charge in [-0.3, -0.25) is 9.59 Å². The van der Waals surface area contributed by atoms with E-state index in [9.17, 15) is 19.2 Å². The maximum Gasteiger partial charge on any atom is 0.339 e. The molecular weight excluding hydrogens is 531 g/mol. The van der Waals surface area contributed by atoms with Gasteiger partial charge in [0.25, 0.3) is 5.91 Å². The van der Waals surface area contributed by atoms with E-state index < -0.39 is 28.8 Å². The van der Waals surface area contributed by atoms with Crippen molar-refractivity contribution in [3.05, 3.63) is 80.5 Å². The number of allylic oxidation sites excluding steroid dienone is 1. The summed E-state index contributed by atoms with van der Waals surface area (Å²) in [4.78, 5) is 56.7. The summed E-state index contributed by atoms with van der Waals surface area (Å²) in [5, 5.41) is 3.60. The number of carbonyl (C=O) groups excluding carboxylic acids is 4. The van der Waals surface area contributed by atoms with E-state index >= 15 is 0 Å². The van der Waals surface area contributed by atoms with Gasteiger partial charge in [0, 0.05) is 39.1 Å². The van der Waals surface area contributed by atoms with Crippen LogP contribution in [0, 0.1) is 5.41 Å². The number of nitrogens with zero attached hydrogens (tertiary/aromatic N) is 1. The van der Waals surface area contributed by atoms with E-state index in [0.29, 0.717) is 39.1 Å². The minimum Gasteiger partial charge on any atom is -0.466 e. The average molecular weight is 555 g/mol. The van der Waals surface area contributed by atoms with Gasteiger partial charge in [0.15, 0.2) is 11.3 Å². The van der Waals surface area contributed by atoms with E-state index in [1.54, 1.807) is 47.4 Å². The van der Waals surface area contributed by atoms with Crippen molar-refractivity contribution in [2.75, 3.05) is 24.4 Å². The third-order valence-corrected chi connectivity index (χ3v) is 7.62. The van der Waals surface area contributed by atoms with E-state index in [1.165, 1.54) is 0 Å². The summed E-state index contributed by atoms with van der Waals surface area (Å²) >= 11 is 12.6. The lowest BCUT2D eigenvalue weighted by molar-refractivity contribution is -0.141. The zero-order valence-corrected chi connectivity index (χ0v) is 22.6. The zero-order valence-electron chi connectivity index (χ0n) is 21.1. The number of ether oxygens (including phenoxy) is 2. The number of fused-ring (bicyclic) bond motifs is 2. The highest BCUT2D eigenvalue weighted by molar-refractivity contribution is 6.32. The first kappa shape index (κ1) is 26.0. The van der Waals surface area contributed by atoms with Gasteiger partial charge in [-0.1, -0.05) is 37.0 Å². The molecule has 8 nitrogen and oxygen atoms in total. The molecule has 1 unspecified atom stereocenters. The third kappa shape index (κ3) is 3.66. The maximum atomic E-state index is 14.3. The van der Waals surface area contributed by atoms with E-state index in [4.69, 9.17) is 32.7 Å². The van der Waals surface area contributed by atoms with Crippen LogP contribution >= 0.6 is 23.2 Å². The molecule has 0 aromatic heterocycles. The summed E-state index contributed by atoms with van der Waals surface area (Å²) in [6.45, 7) is 3.86. The molecule has 1 aliphatic carbocycles. The van der Waals surface area contributed by atoms with E-state index in [0.717, 1.165) is 14.2 Å². The van der Waals surface area contributed by atoms with Gasteiger partial charge in [-0.05, 0) is 54.3 Å². The predicted octanol–water partition coefficient (Wildman–Crippen LogP) is 4.95. The molecule has 1 amide bonds. The van der Waals surface area contributed by atoms with Crippen LogP contribution in [0.3, 0.4) is 0 Å². The molecule has 1 spiro atoms. The Morgan fingerprint density at radius 3 is 2.18 bits per heavy atom. The van der Waals surface area contributed by atoms with E-state index in [-0.39, 0.29) is 28.9 Å². The first-order chi connectivity index (χ1) is 18.0. The second kappa shape index (κ2) is 8.99.